The van der Waals surface area contributed by atoms with Crippen LogP contribution in [0.5, 0.6) is 0 Å². The molecule has 2 heterocycles. The molecule has 0 aromatic carbocycles. The number of hydrogen-bond donors (Lipinski definition) is 0. The largest absolute Gasteiger partial charge is 0.375 e. The van der Waals surface area contributed by atoms with Crippen LogP contribution in [-0.4, -0.2) is 35.8 Å². The highest BCUT2D eigenvalue weighted by Crippen LogP contribution is 2.21. The first kappa shape index (κ1) is 9.33. The monoisotopic (exact) mass is 197 g/mol. The van der Waals surface area contributed by atoms with Gasteiger partial charge in [0.2, 0.25) is 0 Å². The van der Waals surface area contributed by atoms with Crippen LogP contribution < -0.4 is 4.90 Å². The summed E-state index contributed by atoms with van der Waals surface area (Å²) in [5, 5.41) is 0. The van der Waals surface area contributed by atoms with E-state index < -0.39 is 5.95 Å². The van der Waals surface area contributed by atoms with Gasteiger partial charge in [0.05, 0.1) is 6.10 Å². The smallest absolute Gasteiger partial charge is 0.255 e. The molecule has 0 amide bonds. The number of rotatable bonds is 3. The second kappa shape index (κ2) is 3.88. The highest BCUT2D eigenvalue weighted by molar-refractivity contribution is 5.40. The van der Waals surface area contributed by atoms with Gasteiger partial charge in [-0.2, -0.15) is 4.39 Å². The third kappa shape index (κ3) is 1.68. The van der Waals surface area contributed by atoms with Gasteiger partial charge < -0.3 is 9.64 Å². The summed E-state index contributed by atoms with van der Waals surface area (Å²) in [4.78, 5) is 9.29. The van der Waals surface area contributed by atoms with Crippen molar-refractivity contribution in [1.29, 1.82) is 0 Å². The lowest BCUT2D eigenvalue weighted by atomic mass is 10.2. The number of hydrogen-bond acceptors (Lipinski definition) is 4. The molecule has 1 fully saturated rings. The summed E-state index contributed by atoms with van der Waals surface area (Å²) in [7, 11) is 0. The van der Waals surface area contributed by atoms with E-state index >= 15 is 0 Å². The Morgan fingerprint density at radius 1 is 1.50 bits per heavy atom. The zero-order chi connectivity index (χ0) is 9.97. The van der Waals surface area contributed by atoms with Gasteiger partial charge in [-0.25, -0.2) is 9.97 Å². The van der Waals surface area contributed by atoms with E-state index in [4.69, 9.17) is 4.74 Å². The van der Waals surface area contributed by atoms with Crippen molar-refractivity contribution in [2.24, 2.45) is 0 Å². The Morgan fingerprint density at radius 2 is 2.21 bits per heavy atom. The van der Waals surface area contributed by atoms with Crippen LogP contribution >= 0.6 is 0 Å². The maximum absolute atomic E-state index is 13.1. The van der Waals surface area contributed by atoms with Gasteiger partial charge >= 0.3 is 0 Å². The van der Waals surface area contributed by atoms with Crippen molar-refractivity contribution < 1.29 is 9.13 Å². The standard InChI is InChI=1S/C9H12FN3O/c1-2-14-7-5-13(6-7)9-8(10)11-3-4-12-9/h3-4,7H,2,5-6H2,1H3. The number of aromatic nitrogens is 2. The maximum atomic E-state index is 13.1. The molecule has 0 atom stereocenters. The molecule has 1 saturated heterocycles. The molecule has 0 bridgehead atoms. The average molecular weight is 197 g/mol. The summed E-state index contributed by atoms with van der Waals surface area (Å²) < 4.78 is 18.5. The Balaban J connectivity index is 1.96. The molecule has 2 rings (SSSR count). The summed E-state index contributed by atoms with van der Waals surface area (Å²) in [6.45, 7) is 4.04. The SMILES string of the molecule is CCOC1CN(c2nccnc2F)C1. The molecule has 0 radical (unpaired) electrons. The topological polar surface area (TPSA) is 38.2 Å². The minimum absolute atomic E-state index is 0.210. The van der Waals surface area contributed by atoms with Crippen LogP contribution in [0.4, 0.5) is 10.2 Å². The lowest BCUT2D eigenvalue weighted by molar-refractivity contribution is 0.0423. The molecule has 0 spiro atoms. The van der Waals surface area contributed by atoms with E-state index in [1.54, 1.807) is 0 Å². The number of anilines is 1. The van der Waals surface area contributed by atoms with Crippen molar-refractivity contribution >= 4 is 5.82 Å². The second-order valence-electron chi connectivity index (χ2n) is 3.15. The highest BCUT2D eigenvalue weighted by atomic mass is 19.1. The van der Waals surface area contributed by atoms with Crippen molar-refractivity contribution in [2.45, 2.75) is 13.0 Å². The van der Waals surface area contributed by atoms with E-state index in [9.17, 15) is 4.39 Å². The van der Waals surface area contributed by atoms with Gasteiger partial charge in [0, 0.05) is 32.1 Å². The van der Waals surface area contributed by atoms with Crippen LogP contribution in [0.1, 0.15) is 6.92 Å². The first-order valence-electron chi connectivity index (χ1n) is 4.64. The zero-order valence-corrected chi connectivity index (χ0v) is 7.98. The van der Waals surface area contributed by atoms with Crippen molar-refractivity contribution in [3.05, 3.63) is 18.3 Å². The van der Waals surface area contributed by atoms with Crippen molar-refractivity contribution in [3.8, 4) is 0 Å². The molecule has 1 aliphatic rings. The van der Waals surface area contributed by atoms with Crippen molar-refractivity contribution in [1.82, 2.24) is 9.97 Å². The molecular weight excluding hydrogens is 185 g/mol. The molecule has 5 heteroatoms. The van der Waals surface area contributed by atoms with Gasteiger partial charge in [0.1, 0.15) is 0 Å². The number of nitrogens with zero attached hydrogens (tertiary/aromatic N) is 3. The molecule has 1 aliphatic heterocycles. The van der Waals surface area contributed by atoms with Crippen LogP contribution in [0.2, 0.25) is 0 Å². The molecular formula is C9H12FN3O. The van der Waals surface area contributed by atoms with Gasteiger partial charge in [-0.3, -0.25) is 0 Å². The van der Waals surface area contributed by atoms with Gasteiger partial charge in [-0.1, -0.05) is 0 Å². The predicted molar refractivity (Wildman–Crippen MR) is 49.6 cm³/mol. The van der Waals surface area contributed by atoms with Gasteiger partial charge in [0.15, 0.2) is 5.82 Å². The molecule has 1 aromatic rings. The molecule has 1 aromatic heterocycles. The van der Waals surface area contributed by atoms with E-state index in [0.717, 1.165) is 0 Å². The quantitative estimate of drug-likeness (QED) is 0.719. The van der Waals surface area contributed by atoms with Crippen LogP contribution in [0.15, 0.2) is 12.4 Å². The van der Waals surface area contributed by atoms with Crippen molar-refractivity contribution in [3.63, 3.8) is 0 Å². The summed E-state index contributed by atoms with van der Waals surface area (Å²) in [6.07, 6.45) is 3.05. The Kier molecular flexibility index (Phi) is 2.58. The zero-order valence-electron chi connectivity index (χ0n) is 7.98. The first-order chi connectivity index (χ1) is 6.81. The van der Waals surface area contributed by atoms with Crippen LogP contribution in [0.25, 0.3) is 0 Å². The molecule has 0 aliphatic carbocycles. The third-order valence-corrected chi connectivity index (χ3v) is 2.19. The van der Waals surface area contributed by atoms with E-state index in [2.05, 4.69) is 9.97 Å². The number of halogens is 1. The van der Waals surface area contributed by atoms with Gasteiger partial charge in [-0.15, -0.1) is 0 Å². The molecule has 0 saturated carbocycles. The van der Waals surface area contributed by atoms with E-state index in [1.807, 2.05) is 11.8 Å². The Hall–Kier alpha value is -1.23. The molecule has 4 nitrogen and oxygen atoms in total. The molecule has 0 N–H and O–H groups in total. The fraction of sp³-hybridized carbons (Fsp3) is 0.556. The Labute approximate surface area is 81.7 Å². The van der Waals surface area contributed by atoms with Crippen molar-refractivity contribution in [2.75, 3.05) is 24.6 Å². The predicted octanol–water partition coefficient (Wildman–Crippen LogP) is 0.841. The van der Waals surface area contributed by atoms with Crippen LogP contribution in [0, 0.1) is 5.95 Å². The Bertz CT molecular complexity index is 315. The molecule has 76 valence electrons. The van der Waals surface area contributed by atoms with Gasteiger partial charge in [0.25, 0.3) is 5.95 Å². The minimum Gasteiger partial charge on any atom is -0.375 e. The molecule has 14 heavy (non-hydrogen) atoms. The fourth-order valence-corrected chi connectivity index (χ4v) is 1.48. The normalized spacial score (nSPS) is 16.9. The van der Waals surface area contributed by atoms with E-state index in [-0.39, 0.29) is 6.10 Å². The maximum Gasteiger partial charge on any atom is 0.255 e. The van der Waals surface area contributed by atoms with E-state index in [0.29, 0.717) is 25.5 Å². The van der Waals surface area contributed by atoms with Gasteiger partial charge in [-0.05, 0) is 6.92 Å². The summed E-state index contributed by atoms with van der Waals surface area (Å²) in [5.41, 5.74) is 0. The highest BCUT2D eigenvalue weighted by Gasteiger charge is 2.30. The Morgan fingerprint density at radius 3 is 2.86 bits per heavy atom. The fourth-order valence-electron chi connectivity index (χ4n) is 1.48. The third-order valence-electron chi connectivity index (χ3n) is 2.19. The summed E-state index contributed by atoms with van der Waals surface area (Å²) in [5.74, 6) is -0.189. The van der Waals surface area contributed by atoms with Crippen LogP contribution in [0.3, 0.4) is 0 Å². The lowest BCUT2D eigenvalue weighted by Gasteiger charge is -2.39. The van der Waals surface area contributed by atoms with Crippen LogP contribution in [-0.2, 0) is 4.74 Å². The first-order valence-corrected chi connectivity index (χ1v) is 4.64. The van der Waals surface area contributed by atoms with E-state index in [1.165, 1.54) is 12.4 Å². The minimum atomic E-state index is -0.512. The number of ether oxygens (including phenoxy) is 1. The second-order valence-corrected chi connectivity index (χ2v) is 3.15. The summed E-state index contributed by atoms with van der Waals surface area (Å²) in [6, 6.07) is 0. The summed E-state index contributed by atoms with van der Waals surface area (Å²) >= 11 is 0. The lowest BCUT2D eigenvalue weighted by Crippen LogP contribution is -2.53. The average Bonchev–Trinajstić information content (AvgIpc) is 2.12. The molecule has 0 unspecified atom stereocenters.